The van der Waals surface area contributed by atoms with Gasteiger partial charge in [-0.15, -0.1) is 0 Å². The Labute approximate surface area is 215 Å². The van der Waals surface area contributed by atoms with Crippen LogP contribution in [0.25, 0.3) is 22.3 Å². The van der Waals surface area contributed by atoms with Crippen molar-refractivity contribution in [1.29, 1.82) is 0 Å². The van der Waals surface area contributed by atoms with Gasteiger partial charge in [-0.05, 0) is 77.8 Å². The molecule has 3 heterocycles. The van der Waals surface area contributed by atoms with Crippen molar-refractivity contribution >= 4 is 36.7 Å². The molecule has 3 aromatic heterocycles. The van der Waals surface area contributed by atoms with Crippen molar-refractivity contribution < 1.29 is 9.16 Å². The van der Waals surface area contributed by atoms with Crippen molar-refractivity contribution in [2.24, 2.45) is 0 Å². The second-order valence-corrected chi connectivity index (χ2v) is 13.6. The molecule has 0 unspecified atom stereocenters. The summed E-state index contributed by atoms with van der Waals surface area (Å²) in [5, 5.41) is 0.141. The molecule has 0 amide bonds. The van der Waals surface area contributed by atoms with Crippen LogP contribution in [-0.2, 0) is 4.43 Å². The third-order valence-corrected chi connectivity index (χ3v) is 7.85. The monoisotopic (exact) mass is 543 g/mol. The van der Waals surface area contributed by atoms with Crippen LogP contribution in [0.3, 0.4) is 0 Å². The predicted molar refractivity (Wildman–Crippen MR) is 146 cm³/mol. The maximum absolute atomic E-state index is 6.49. The first-order chi connectivity index (χ1) is 15.8. The number of hydrogen-bond acceptors (Lipinski definition) is 4. The summed E-state index contributed by atoms with van der Waals surface area (Å²) in [6.45, 7) is 19.7. The first-order valence-electron chi connectivity index (χ1n) is 12.0. The van der Waals surface area contributed by atoms with Crippen LogP contribution in [0, 0.1) is 6.92 Å². The van der Waals surface area contributed by atoms with E-state index < -0.39 is 0 Å². The Balaban J connectivity index is 2.10. The Hall–Kier alpha value is -1.70. The summed E-state index contributed by atoms with van der Waals surface area (Å²) >= 11 is 3.80. The highest BCUT2D eigenvalue weighted by molar-refractivity contribution is 9.10. The number of hydrogen-bond donors (Lipinski definition) is 0. The molecule has 0 fully saturated rings. The Morgan fingerprint density at radius 3 is 2.35 bits per heavy atom. The third kappa shape index (κ3) is 5.57. The van der Waals surface area contributed by atoms with Gasteiger partial charge in [0.05, 0.1) is 41.0 Å². The number of nitrogens with zero attached hydrogens (tertiary/aromatic N) is 3. The van der Waals surface area contributed by atoms with Gasteiger partial charge in [0, 0.05) is 16.4 Å². The van der Waals surface area contributed by atoms with E-state index in [-0.39, 0.29) is 16.7 Å². The van der Waals surface area contributed by atoms with E-state index in [4.69, 9.17) is 19.1 Å². The summed E-state index contributed by atoms with van der Waals surface area (Å²) in [5.74, 6) is 0.925. The minimum atomic E-state index is -0.316. The zero-order valence-electron chi connectivity index (χ0n) is 22.2. The molecule has 34 heavy (non-hydrogen) atoms. The summed E-state index contributed by atoms with van der Waals surface area (Å²) in [4.78, 5) is 9.83. The number of aryl methyl sites for hydroxylation is 1. The standard InChI is InChI=1S/C27H38BrN3O2Si/c1-11-22(27(8,9)33-34-26(5,6)7)31-15-17(4)23-21(31)14-19(28)24(30-23)18-12-13-20(16(2)3)29-25(18)32-10/h12-16,22H,11H2,1-10H3/t22-/m0/s1. The van der Waals surface area contributed by atoms with E-state index in [1.54, 1.807) is 7.11 Å². The maximum atomic E-state index is 6.49. The van der Waals surface area contributed by atoms with Gasteiger partial charge < -0.3 is 13.7 Å². The minimum Gasteiger partial charge on any atom is -0.480 e. The maximum Gasteiger partial charge on any atom is 0.236 e. The molecule has 0 saturated heterocycles. The molecular weight excluding hydrogens is 506 g/mol. The molecule has 184 valence electrons. The van der Waals surface area contributed by atoms with Gasteiger partial charge in [-0.3, -0.25) is 0 Å². The lowest BCUT2D eigenvalue weighted by molar-refractivity contribution is 0.0489. The van der Waals surface area contributed by atoms with Crippen LogP contribution in [0.2, 0.25) is 5.04 Å². The van der Waals surface area contributed by atoms with Gasteiger partial charge in [0.15, 0.2) is 0 Å². The molecule has 3 rings (SSSR count). The molecule has 7 heteroatoms. The molecule has 0 aromatic carbocycles. The zero-order chi connectivity index (χ0) is 25.4. The van der Waals surface area contributed by atoms with Crippen LogP contribution in [-0.4, -0.2) is 37.0 Å². The Bertz CT molecular complexity index is 1160. The Morgan fingerprint density at radius 1 is 1.12 bits per heavy atom. The Morgan fingerprint density at radius 2 is 1.79 bits per heavy atom. The average molecular weight is 545 g/mol. The van der Waals surface area contributed by atoms with Crippen LogP contribution in [0.4, 0.5) is 0 Å². The van der Waals surface area contributed by atoms with Crippen LogP contribution in [0.1, 0.15) is 85.0 Å². The first kappa shape index (κ1) is 26.9. The molecule has 0 N–H and O–H groups in total. The number of ether oxygens (including phenoxy) is 1. The van der Waals surface area contributed by atoms with Crippen LogP contribution < -0.4 is 4.74 Å². The quantitative estimate of drug-likeness (QED) is 0.271. The fourth-order valence-corrected chi connectivity index (χ4v) is 5.46. The van der Waals surface area contributed by atoms with E-state index in [0.29, 0.717) is 21.6 Å². The summed E-state index contributed by atoms with van der Waals surface area (Å²) in [7, 11) is 2.09. The summed E-state index contributed by atoms with van der Waals surface area (Å²) < 4.78 is 15.4. The van der Waals surface area contributed by atoms with E-state index in [1.807, 2.05) is 0 Å². The van der Waals surface area contributed by atoms with Crippen molar-refractivity contribution in [3.63, 3.8) is 0 Å². The number of fused-ring (bicyclic) bond motifs is 1. The van der Waals surface area contributed by atoms with Gasteiger partial charge >= 0.3 is 0 Å². The van der Waals surface area contributed by atoms with Crippen molar-refractivity contribution in [3.05, 3.63) is 40.1 Å². The highest BCUT2D eigenvalue weighted by atomic mass is 79.9. The fourth-order valence-electron chi connectivity index (χ4n) is 4.24. The van der Waals surface area contributed by atoms with Gasteiger partial charge in [0.25, 0.3) is 0 Å². The lowest BCUT2D eigenvalue weighted by atomic mass is 9.96. The molecule has 0 bridgehead atoms. The van der Waals surface area contributed by atoms with Gasteiger partial charge in [0.1, 0.15) is 0 Å². The molecule has 0 aliphatic carbocycles. The topological polar surface area (TPSA) is 49.2 Å². The van der Waals surface area contributed by atoms with Crippen LogP contribution in [0.15, 0.2) is 28.9 Å². The fraction of sp³-hybridized carbons (Fsp3) is 0.556. The molecule has 0 saturated carbocycles. The predicted octanol–water partition coefficient (Wildman–Crippen LogP) is 7.89. The van der Waals surface area contributed by atoms with Crippen molar-refractivity contribution in [1.82, 2.24) is 14.5 Å². The molecule has 2 radical (unpaired) electrons. The summed E-state index contributed by atoms with van der Waals surface area (Å²) in [5.41, 5.74) is 5.64. The Kier molecular flexibility index (Phi) is 8.00. The lowest BCUT2D eigenvalue weighted by Crippen LogP contribution is -2.38. The number of methoxy groups -OCH3 is 1. The van der Waals surface area contributed by atoms with E-state index in [1.165, 1.54) is 0 Å². The summed E-state index contributed by atoms with van der Waals surface area (Å²) in [6.07, 6.45) is 3.17. The number of halogens is 1. The van der Waals surface area contributed by atoms with E-state index in [0.717, 1.165) is 44.4 Å². The number of aromatic nitrogens is 3. The van der Waals surface area contributed by atoms with Gasteiger partial charge in [0.2, 0.25) is 15.6 Å². The average Bonchev–Trinajstić information content (AvgIpc) is 3.06. The molecule has 5 nitrogen and oxygen atoms in total. The molecule has 0 aliphatic heterocycles. The smallest absolute Gasteiger partial charge is 0.236 e. The van der Waals surface area contributed by atoms with Crippen LogP contribution >= 0.6 is 15.9 Å². The molecule has 3 aromatic rings. The van der Waals surface area contributed by atoms with Crippen molar-refractivity contribution in [2.75, 3.05) is 7.11 Å². The lowest BCUT2D eigenvalue weighted by Gasteiger charge is -2.37. The molecule has 1 atom stereocenters. The highest BCUT2D eigenvalue weighted by Gasteiger charge is 2.33. The zero-order valence-corrected chi connectivity index (χ0v) is 24.8. The SMILES string of the molecule is CC[C@H](n1cc(C)c2nc(-c3ccc(C(C)C)nc3OC)c(Br)cc21)C(C)(C)O[Si]C(C)(C)C. The number of pyridine rings is 2. The molecule has 0 spiro atoms. The number of rotatable bonds is 8. The second kappa shape index (κ2) is 10.1. The molecular formula is C27H38BrN3O2Si. The first-order valence-corrected chi connectivity index (χ1v) is 13.7. The van der Waals surface area contributed by atoms with Crippen molar-refractivity contribution in [2.45, 2.75) is 91.3 Å². The van der Waals surface area contributed by atoms with Gasteiger partial charge in [-0.25, -0.2) is 9.97 Å². The third-order valence-electron chi connectivity index (χ3n) is 6.01. The minimum absolute atomic E-state index is 0.141. The second-order valence-electron chi connectivity index (χ2n) is 10.8. The highest BCUT2D eigenvalue weighted by Crippen LogP contribution is 2.39. The van der Waals surface area contributed by atoms with E-state index >= 15 is 0 Å². The summed E-state index contributed by atoms with van der Waals surface area (Å²) in [6, 6.07) is 6.47. The van der Waals surface area contributed by atoms with Gasteiger partial charge in [-0.1, -0.05) is 41.5 Å². The van der Waals surface area contributed by atoms with Gasteiger partial charge in [-0.2, -0.15) is 0 Å². The largest absolute Gasteiger partial charge is 0.480 e. The van der Waals surface area contributed by atoms with E-state index in [2.05, 4.69) is 107 Å². The molecule has 0 aliphatic rings. The van der Waals surface area contributed by atoms with Crippen LogP contribution in [0.5, 0.6) is 5.88 Å². The van der Waals surface area contributed by atoms with E-state index in [9.17, 15) is 0 Å². The van der Waals surface area contributed by atoms with Crippen molar-refractivity contribution in [3.8, 4) is 17.1 Å². The normalized spacial score (nSPS) is 13.6.